The summed E-state index contributed by atoms with van der Waals surface area (Å²) in [6, 6.07) is 15.1. The summed E-state index contributed by atoms with van der Waals surface area (Å²) in [7, 11) is 1.92. The number of hydrogen-bond donors (Lipinski definition) is 2. The van der Waals surface area contributed by atoms with E-state index in [-0.39, 0.29) is 23.2 Å². The van der Waals surface area contributed by atoms with Gasteiger partial charge in [-0.25, -0.2) is 9.37 Å². The second kappa shape index (κ2) is 10.8. The number of nitrogens with zero attached hydrogens (tertiary/aromatic N) is 3. The molecular weight excluding hydrogens is 521 g/mol. The van der Waals surface area contributed by atoms with E-state index in [9.17, 15) is 9.18 Å². The first-order valence-corrected chi connectivity index (χ1v) is 12.6. The van der Waals surface area contributed by atoms with Crippen LogP contribution in [0.25, 0.3) is 20.9 Å². The summed E-state index contributed by atoms with van der Waals surface area (Å²) in [5.74, 6) is 2.96. The van der Waals surface area contributed by atoms with Crippen LogP contribution in [0, 0.1) is 18.2 Å². The number of benzene rings is 2. The van der Waals surface area contributed by atoms with Gasteiger partial charge < -0.3 is 19.9 Å². The molecule has 188 valence electrons. The van der Waals surface area contributed by atoms with Crippen LogP contribution in [0.2, 0.25) is 0 Å². The number of terminal acetylenes is 1. The van der Waals surface area contributed by atoms with Crippen molar-refractivity contribution in [3.05, 3.63) is 90.1 Å². The molecule has 2 aromatic carbocycles. The molecule has 0 bridgehead atoms. The molecule has 0 spiro atoms. The maximum Gasteiger partial charge on any atom is 0.230 e. The number of anilines is 1. The number of amides is 1. The number of carbonyl (C=O) groups excluding carboxylic acids is 1. The van der Waals surface area contributed by atoms with Crippen LogP contribution in [-0.2, 0) is 18.3 Å². The third-order valence-corrected chi connectivity index (χ3v) is 6.90. The second-order valence-corrected chi connectivity index (χ2v) is 9.72. The maximum absolute atomic E-state index is 14.9. The highest BCUT2D eigenvalue weighted by molar-refractivity contribution is 7.80. The number of halogens is 1. The Morgan fingerprint density at radius 2 is 1.95 bits per heavy atom. The minimum Gasteiger partial charge on any atom is -0.453 e. The van der Waals surface area contributed by atoms with Crippen molar-refractivity contribution in [1.29, 1.82) is 0 Å². The number of hydrogen-bond acceptors (Lipinski definition) is 6. The van der Waals surface area contributed by atoms with Crippen molar-refractivity contribution in [3.63, 3.8) is 0 Å². The van der Waals surface area contributed by atoms with Crippen LogP contribution < -0.4 is 15.4 Å². The molecule has 0 radical (unpaired) electrons. The van der Waals surface area contributed by atoms with Crippen molar-refractivity contribution in [2.75, 3.05) is 5.32 Å². The third kappa shape index (κ3) is 5.54. The first-order valence-electron chi connectivity index (χ1n) is 11.4. The Kier molecular flexibility index (Phi) is 7.13. The first-order chi connectivity index (χ1) is 18.4. The average Bonchev–Trinajstić information content (AvgIpc) is 3.52. The zero-order valence-electron chi connectivity index (χ0n) is 20.1. The van der Waals surface area contributed by atoms with Gasteiger partial charge in [0, 0.05) is 49.0 Å². The van der Waals surface area contributed by atoms with Gasteiger partial charge in [-0.3, -0.25) is 9.78 Å². The van der Waals surface area contributed by atoms with Crippen LogP contribution in [0.3, 0.4) is 0 Å². The molecule has 0 aliphatic heterocycles. The largest absolute Gasteiger partial charge is 0.453 e. The SMILES string of the molecule is C#Cc1ccc(CC(=O)NC(=S)Nc2ccc(Oc3ccnc4cc(-c5nccn5C)sc34)c(F)c2)cc1. The molecule has 0 aliphatic carbocycles. The predicted octanol–water partition coefficient (Wildman–Crippen LogP) is 5.67. The molecule has 7 nitrogen and oxygen atoms in total. The number of aromatic nitrogens is 3. The summed E-state index contributed by atoms with van der Waals surface area (Å²) in [5.41, 5.74) is 2.63. The topological polar surface area (TPSA) is 81.1 Å². The second-order valence-electron chi connectivity index (χ2n) is 8.26. The van der Waals surface area contributed by atoms with Gasteiger partial charge in [0.25, 0.3) is 0 Å². The molecule has 5 rings (SSSR count). The van der Waals surface area contributed by atoms with Gasteiger partial charge >= 0.3 is 0 Å². The van der Waals surface area contributed by atoms with Crippen molar-refractivity contribution in [2.24, 2.45) is 7.05 Å². The Labute approximate surface area is 227 Å². The van der Waals surface area contributed by atoms with E-state index in [1.165, 1.54) is 23.5 Å². The first kappa shape index (κ1) is 25.1. The van der Waals surface area contributed by atoms with Crippen LogP contribution in [0.4, 0.5) is 10.1 Å². The van der Waals surface area contributed by atoms with Crippen LogP contribution in [0.5, 0.6) is 11.5 Å². The minimum absolute atomic E-state index is 0.0420. The Morgan fingerprint density at radius 3 is 2.66 bits per heavy atom. The summed E-state index contributed by atoms with van der Waals surface area (Å²) in [6.07, 6.45) is 10.7. The van der Waals surface area contributed by atoms with Gasteiger partial charge in [-0.1, -0.05) is 18.1 Å². The summed E-state index contributed by atoms with van der Waals surface area (Å²) >= 11 is 6.68. The zero-order valence-corrected chi connectivity index (χ0v) is 21.7. The number of carbonyl (C=O) groups is 1. The highest BCUT2D eigenvalue weighted by Crippen LogP contribution is 2.39. The summed E-state index contributed by atoms with van der Waals surface area (Å²) in [6.45, 7) is 0. The van der Waals surface area contributed by atoms with Gasteiger partial charge in [-0.15, -0.1) is 17.8 Å². The molecule has 3 aromatic heterocycles. The van der Waals surface area contributed by atoms with E-state index in [0.717, 1.165) is 32.0 Å². The van der Waals surface area contributed by atoms with Crippen molar-refractivity contribution >= 4 is 50.5 Å². The molecule has 0 saturated carbocycles. The monoisotopic (exact) mass is 541 g/mol. The van der Waals surface area contributed by atoms with Gasteiger partial charge in [0.15, 0.2) is 16.7 Å². The Morgan fingerprint density at radius 1 is 1.13 bits per heavy atom. The minimum atomic E-state index is -0.594. The van der Waals surface area contributed by atoms with E-state index in [2.05, 4.69) is 26.5 Å². The third-order valence-electron chi connectivity index (χ3n) is 5.57. The number of nitrogens with one attached hydrogen (secondary N) is 2. The Balaban J connectivity index is 1.24. The predicted molar refractivity (Wildman–Crippen MR) is 151 cm³/mol. The molecule has 5 aromatic rings. The molecule has 2 N–H and O–H groups in total. The fourth-order valence-electron chi connectivity index (χ4n) is 3.73. The number of aryl methyl sites for hydroxylation is 1. The van der Waals surface area contributed by atoms with E-state index in [4.69, 9.17) is 23.4 Å². The Bertz CT molecular complexity index is 1700. The molecule has 0 fully saturated rings. The van der Waals surface area contributed by atoms with E-state index in [1.54, 1.807) is 48.8 Å². The smallest absolute Gasteiger partial charge is 0.230 e. The quantitative estimate of drug-likeness (QED) is 0.213. The van der Waals surface area contributed by atoms with E-state index >= 15 is 0 Å². The van der Waals surface area contributed by atoms with Gasteiger partial charge in [-0.05, 0) is 48.1 Å². The van der Waals surface area contributed by atoms with Gasteiger partial charge in [0.2, 0.25) is 5.91 Å². The van der Waals surface area contributed by atoms with Crippen molar-refractivity contribution < 1.29 is 13.9 Å². The molecule has 38 heavy (non-hydrogen) atoms. The highest BCUT2D eigenvalue weighted by Gasteiger charge is 2.15. The van der Waals surface area contributed by atoms with Gasteiger partial charge in [0.05, 0.1) is 21.5 Å². The van der Waals surface area contributed by atoms with Crippen LogP contribution in [0.15, 0.2) is 73.2 Å². The van der Waals surface area contributed by atoms with E-state index in [0.29, 0.717) is 11.4 Å². The molecule has 0 aliphatic rings. The van der Waals surface area contributed by atoms with Crippen LogP contribution in [-0.4, -0.2) is 25.6 Å². The standard InChI is InChI=1S/C28H20FN5O2S2/c1-3-17-4-6-18(7-5-17)14-25(35)33-28(37)32-19-8-9-22(20(29)15-19)36-23-10-11-30-21-16-24(38-26(21)23)27-31-12-13-34(27)2/h1,4-13,15-16H,14H2,2H3,(H2,32,33,35,37). The summed E-state index contributed by atoms with van der Waals surface area (Å²) in [4.78, 5) is 22.0. The molecule has 1 amide bonds. The number of ether oxygens (including phenoxy) is 1. The van der Waals surface area contributed by atoms with Gasteiger partial charge in [-0.2, -0.15) is 0 Å². The molecular formula is C28H20FN5O2S2. The fraction of sp³-hybridized carbons (Fsp3) is 0.0714. The zero-order chi connectivity index (χ0) is 26.6. The Hall–Kier alpha value is -4.59. The number of thiocarbonyl (C=S) groups is 1. The number of fused-ring (bicyclic) bond motifs is 1. The van der Waals surface area contributed by atoms with Crippen LogP contribution in [0.1, 0.15) is 11.1 Å². The summed E-state index contributed by atoms with van der Waals surface area (Å²) in [5, 5.41) is 5.47. The van der Waals surface area contributed by atoms with E-state index < -0.39 is 5.82 Å². The molecule has 0 saturated heterocycles. The molecule has 3 heterocycles. The number of pyridine rings is 1. The summed E-state index contributed by atoms with van der Waals surface area (Å²) < 4.78 is 23.6. The van der Waals surface area contributed by atoms with Crippen molar-refractivity contribution in [3.8, 4) is 34.5 Å². The lowest BCUT2D eigenvalue weighted by molar-refractivity contribution is -0.119. The normalized spacial score (nSPS) is 10.7. The van der Waals surface area contributed by atoms with Crippen LogP contribution >= 0.6 is 23.6 Å². The average molecular weight is 542 g/mol. The number of thiophene rings is 1. The lowest BCUT2D eigenvalue weighted by atomic mass is 10.1. The highest BCUT2D eigenvalue weighted by atomic mass is 32.1. The molecule has 10 heteroatoms. The fourth-order valence-corrected chi connectivity index (χ4v) is 5.06. The van der Waals surface area contributed by atoms with E-state index in [1.807, 2.05) is 23.9 Å². The lowest BCUT2D eigenvalue weighted by Gasteiger charge is -2.12. The number of rotatable bonds is 6. The molecule has 0 atom stereocenters. The van der Waals surface area contributed by atoms with Crippen molar-refractivity contribution in [1.82, 2.24) is 19.9 Å². The lowest BCUT2D eigenvalue weighted by Crippen LogP contribution is -2.35. The maximum atomic E-state index is 14.9. The van der Waals surface area contributed by atoms with Gasteiger partial charge in [0.1, 0.15) is 11.6 Å². The number of imidazole rings is 1. The van der Waals surface area contributed by atoms with Crippen molar-refractivity contribution in [2.45, 2.75) is 6.42 Å². The molecule has 0 unspecified atom stereocenters.